The second-order valence-electron chi connectivity index (χ2n) is 2.68. The van der Waals surface area contributed by atoms with E-state index >= 15 is 0 Å². The zero-order valence-electron chi connectivity index (χ0n) is 6.28. The topological polar surface area (TPSA) is 12.0 Å². The van der Waals surface area contributed by atoms with E-state index in [1.54, 1.807) is 0 Å². The summed E-state index contributed by atoms with van der Waals surface area (Å²) in [4.78, 5) is 0. The monoisotopic (exact) mass is 125 g/mol. The van der Waals surface area contributed by atoms with Gasteiger partial charge in [0.25, 0.3) is 0 Å². The Morgan fingerprint density at radius 3 is 2.89 bits per heavy atom. The van der Waals surface area contributed by atoms with Crippen LogP contribution in [0.5, 0.6) is 0 Å². The van der Waals surface area contributed by atoms with Gasteiger partial charge >= 0.3 is 0 Å². The van der Waals surface area contributed by atoms with Gasteiger partial charge in [0, 0.05) is 6.04 Å². The van der Waals surface area contributed by atoms with Crippen molar-refractivity contribution in [2.24, 2.45) is 0 Å². The summed E-state index contributed by atoms with van der Waals surface area (Å²) >= 11 is 0. The summed E-state index contributed by atoms with van der Waals surface area (Å²) in [6.45, 7) is 5.51. The highest BCUT2D eigenvalue weighted by molar-refractivity contribution is 5.07. The lowest BCUT2D eigenvalue weighted by Gasteiger charge is -2.08. The van der Waals surface area contributed by atoms with Gasteiger partial charge in [-0.15, -0.1) is 0 Å². The zero-order chi connectivity index (χ0) is 6.69. The van der Waals surface area contributed by atoms with Crippen molar-refractivity contribution in [1.82, 2.24) is 5.32 Å². The first-order chi connectivity index (χ1) is 4.34. The lowest BCUT2D eigenvalue weighted by molar-refractivity contribution is 0.688. The van der Waals surface area contributed by atoms with Crippen molar-refractivity contribution in [3.05, 3.63) is 11.6 Å². The van der Waals surface area contributed by atoms with E-state index in [9.17, 15) is 0 Å². The molecule has 52 valence electrons. The molecule has 0 aromatic rings. The fourth-order valence-corrected chi connectivity index (χ4v) is 1.27. The third kappa shape index (κ3) is 1.55. The third-order valence-electron chi connectivity index (χ3n) is 2.07. The molecule has 1 rings (SSSR count). The van der Waals surface area contributed by atoms with E-state index in [2.05, 4.69) is 25.2 Å². The lowest BCUT2D eigenvalue weighted by Crippen LogP contribution is -2.21. The molecule has 1 atom stereocenters. The molecule has 0 amide bonds. The second-order valence-corrected chi connectivity index (χ2v) is 2.68. The van der Waals surface area contributed by atoms with Crippen LogP contribution in [0.25, 0.3) is 0 Å². The Kier molecular flexibility index (Phi) is 2.29. The average molecular weight is 125 g/mol. The Hall–Kier alpha value is -0.300. The number of hydrogen-bond acceptors (Lipinski definition) is 1. The van der Waals surface area contributed by atoms with Crippen LogP contribution in [-0.2, 0) is 0 Å². The van der Waals surface area contributed by atoms with Crippen LogP contribution in [0.2, 0.25) is 0 Å². The summed E-state index contributed by atoms with van der Waals surface area (Å²) in [5.74, 6) is 0. The first-order valence-electron chi connectivity index (χ1n) is 3.71. The fraction of sp³-hybridized carbons (Fsp3) is 0.750. The largest absolute Gasteiger partial charge is 0.310 e. The Bertz CT molecular complexity index is 110. The molecule has 1 heterocycles. The molecule has 0 spiro atoms. The first kappa shape index (κ1) is 6.81. The lowest BCUT2D eigenvalue weighted by atomic mass is 10.1. The molecule has 0 aliphatic carbocycles. The van der Waals surface area contributed by atoms with Gasteiger partial charge in [-0.25, -0.2) is 0 Å². The molecule has 0 saturated carbocycles. The Labute approximate surface area is 57.1 Å². The summed E-state index contributed by atoms with van der Waals surface area (Å²) in [6.07, 6.45) is 4.87. The molecule has 1 heteroatoms. The van der Waals surface area contributed by atoms with Gasteiger partial charge in [0.1, 0.15) is 0 Å². The minimum atomic E-state index is 0.690. The molecular formula is C8H15N. The number of rotatable bonds is 1. The van der Waals surface area contributed by atoms with E-state index in [4.69, 9.17) is 0 Å². The smallest absolute Gasteiger partial charge is 0.0277 e. The molecule has 1 saturated heterocycles. The average Bonchev–Trinajstić information content (AvgIpc) is 2.37. The molecule has 1 unspecified atom stereocenters. The van der Waals surface area contributed by atoms with Crippen molar-refractivity contribution in [3.8, 4) is 0 Å². The van der Waals surface area contributed by atoms with Gasteiger partial charge in [0.15, 0.2) is 0 Å². The van der Waals surface area contributed by atoms with Gasteiger partial charge in [-0.05, 0) is 33.2 Å². The normalized spacial score (nSPS) is 29.1. The van der Waals surface area contributed by atoms with Gasteiger partial charge in [-0.3, -0.25) is 0 Å². The minimum absolute atomic E-state index is 0.690. The van der Waals surface area contributed by atoms with Crippen LogP contribution >= 0.6 is 0 Å². The number of nitrogens with one attached hydrogen (secondary N) is 1. The van der Waals surface area contributed by atoms with Gasteiger partial charge in [-0.2, -0.15) is 0 Å². The van der Waals surface area contributed by atoms with E-state index < -0.39 is 0 Å². The van der Waals surface area contributed by atoms with Crippen molar-refractivity contribution >= 4 is 0 Å². The number of allylic oxidation sites excluding steroid dienone is 1. The molecule has 1 nitrogen and oxygen atoms in total. The van der Waals surface area contributed by atoms with Crippen LogP contribution in [-0.4, -0.2) is 12.6 Å². The van der Waals surface area contributed by atoms with Gasteiger partial charge < -0.3 is 5.32 Å². The Balaban J connectivity index is 2.42. The minimum Gasteiger partial charge on any atom is -0.310 e. The highest BCUT2D eigenvalue weighted by atomic mass is 14.9. The van der Waals surface area contributed by atoms with E-state index in [0.29, 0.717) is 6.04 Å². The second kappa shape index (κ2) is 3.02. The van der Waals surface area contributed by atoms with Crippen molar-refractivity contribution < 1.29 is 0 Å². The maximum atomic E-state index is 3.44. The van der Waals surface area contributed by atoms with Crippen LogP contribution < -0.4 is 5.32 Å². The predicted molar refractivity (Wildman–Crippen MR) is 40.5 cm³/mol. The standard InChI is InChI=1S/C8H15N/c1-3-7(2)8-5-4-6-9-8/h3,8-9H,4-6H2,1-2H3/b7-3-. The van der Waals surface area contributed by atoms with Crippen molar-refractivity contribution in [2.75, 3.05) is 6.54 Å². The van der Waals surface area contributed by atoms with Gasteiger partial charge in [-0.1, -0.05) is 11.6 Å². The summed E-state index contributed by atoms with van der Waals surface area (Å²) in [5, 5.41) is 3.44. The molecule has 0 aromatic carbocycles. The third-order valence-corrected chi connectivity index (χ3v) is 2.07. The Morgan fingerprint density at radius 1 is 1.67 bits per heavy atom. The maximum Gasteiger partial charge on any atom is 0.0277 e. The van der Waals surface area contributed by atoms with Crippen molar-refractivity contribution in [2.45, 2.75) is 32.7 Å². The van der Waals surface area contributed by atoms with Crippen LogP contribution in [0.3, 0.4) is 0 Å². The van der Waals surface area contributed by atoms with Crippen LogP contribution in [0.15, 0.2) is 11.6 Å². The first-order valence-corrected chi connectivity index (χ1v) is 3.71. The quantitative estimate of drug-likeness (QED) is 0.526. The molecule has 1 N–H and O–H groups in total. The SMILES string of the molecule is C/C=C(/C)C1CCCN1. The number of hydrogen-bond donors (Lipinski definition) is 1. The molecule has 9 heavy (non-hydrogen) atoms. The van der Waals surface area contributed by atoms with Crippen molar-refractivity contribution in [3.63, 3.8) is 0 Å². The highest BCUT2D eigenvalue weighted by Crippen LogP contribution is 2.12. The molecular weight excluding hydrogens is 110 g/mol. The molecule has 0 bridgehead atoms. The van der Waals surface area contributed by atoms with Gasteiger partial charge in [0.05, 0.1) is 0 Å². The van der Waals surface area contributed by atoms with E-state index in [1.165, 1.54) is 25.0 Å². The molecule has 0 aromatic heterocycles. The zero-order valence-corrected chi connectivity index (χ0v) is 6.28. The van der Waals surface area contributed by atoms with Crippen LogP contribution in [0, 0.1) is 0 Å². The summed E-state index contributed by atoms with van der Waals surface area (Å²) in [5.41, 5.74) is 1.49. The Morgan fingerprint density at radius 2 is 2.44 bits per heavy atom. The van der Waals surface area contributed by atoms with E-state index in [-0.39, 0.29) is 0 Å². The van der Waals surface area contributed by atoms with Crippen molar-refractivity contribution in [1.29, 1.82) is 0 Å². The molecule has 1 aliphatic rings. The summed E-state index contributed by atoms with van der Waals surface area (Å²) in [7, 11) is 0. The molecule has 1 aliphatic heterocycles. The van der Waals surface area contributed by atoms with Gasteiger partial charge in [0.2, 0.25) is 0 Å². The van der Waals surface area contributed by atoms with Crippen LogP contribution in [0.1, 0.15) is 26.7 Å². The summed E-state index contributed by atoms with van der Waals surface area (Å²) in [6, 6.07) is 0.690. The van der Waals surface area contributed by atoms with Crippen LogP contribution in [0.4, 0.5) is 0 Å². The predicted octanol–water partition coefficient (Wildman–Crippen LogP) is 1.70. The molecule has 0 radical (unpaired) electrons. The highest BCUT2D eigenvalue weighted by Gasteiger charge is 2.13. The summed E-state index contributed by atoms with van der Waals surface area (Å²) < 4.78 is 0. The van der Waals surface area contributed by atoms with E-state index in [1.807, 2.05) is 0 Å². The maximum absolute atomic E-state index is 3.44. The van der Waals surface area contributed by atoms with E-state index in [0.717, 1.165) is 0 Å². The molecule has 1 fully saturated rings. The fourth-order valence-electron chi connectivity index (χ4n) is 1.27.